The van der Waals surface area contributed by atoms with Crippen LogP contribution in [0, 0.1) is 0 Å². The van der Waals surface area contributed by atoms with Gasteiger partial charge >= 0.3 is 0 Å². The van der Waals surface area contributed by atoms with E-state index in [1.807, 2.05) is 51.6 Å². The third kappa shape index (κ3) is 3.03. The monoisotopic (exact) mass is 380 g/mol. The lowest BCUT2D eigenvalue weighted by Gasteiger charge is -2.28. The number of aromatic nitrogens is 4. The van der Waals surface area contributed by atoms with Gasteiger partial charge < -0.3 is 19.1 Å². The van der Waals surface area contributed by atoms with E-state index in [9.17, 15) is 4.79 Å². The summed E-state index contributed by atoms with van der Waals surface area (Å²) < 4.78 is 9.16. The van der Waals surface area contributed by atoms with Gasteiger partial charge in [-0.2, -0.15) is 5.10 Å². The fourth-order valence-electron chi connectivity index (χ4n) is 4.07. The van der Waals surface area contributed by atoms with Crippen LogP contribution in [0.2, 0.25) is 0 Å². The van der Waals surface area contributed by atoms with Gasteiger partial charge in [0.15, 0.2) is 11.5 Å². The maximum Gasteiger partial charge on any atom is 0.270 e. The number of carbonyl (C=O) groups excluding carboxylic acids is 1. The first-order chi connectivity index (χ1) is 13.7. The van der Waals surface area contributed by atoms with Crippen molar-refractivity contribution in [1.82, 2.24) is 24.1 Å². The Labute approximate surface area is 163 Å². The van der Waals surface area contributed by atoms with Gasteiger partial charge in [-0.05, 0) is 30.7 Å². The summed E-state index contributed by atoms with van der Waals surface area (Å²) in [6.45, 7) is 4.71. The van der Waals surface area contributed by atoms with Gasteiger partial charge in [0, 0.05) is 45.3 Å². The van der Waals surface area contributed by atoms with Gasteiger partial charge in [0.25, 0.3) is 5.91 Å². The number of rotatable bonds is 3. The first-order valence-electron chi connectivity index (χ1n) is 9.79. The van der Waals surface area contributed by atoms with E-state index in [0.717, 1.165) is 62.1 Å². The second-order valence-electron chi connectivity index (χ2n) is 7.50. The molecule has 28 heavy (non-hydrogen) atoms. The highest BCUT2D eigenvalue weighted by atomic mass is 16.5. The number of aryl methyl sites for hydroxylation is 1. The summed E-state index contributed by atoms with van der Waals surface area (Å²) in [7, 11) is 1.90. The standard InChI is InChI=1S/C20H24N6O2/c1-23-7-2-3-17(23)20(27)25-8-6-15(13-25)19-21-18-5-4-16(14-26(18)22-19)24-9-11-28-12-10-24/h2-5,7,14-15H,6,8-13H2,1H3. The van der Waals surface area contributed by atoms with Crippen LogP contribution < -0.4 is 4.90 Å². The molecule has 2 aliphatic rings. The number of ether oxygens (including phenoxy) is 1. The minimum atomic E-state index is 0.0772. The molecule has 0 saturated carbocycles. The Morgan fingerprint density at radius 2 is 2.04 bits per heavy atom. The summed E-state index contributed by atoms with van der Waals surface area (Å²) in [5.41, 5.74) is 2.71. The molecule has 1 amide bonds. The molecule has 0 spiro atoms. The number of carbonyl (C=O) groups is 1. The molecule has 3 aromatic rings. The Hall–Kier alpha value is -2.87. The van der Waals surface area contributed by atoms with Crippen molar-refractivity contribution in [2.45, 2.75) is 12.3 Å². The molecule has 0 bridgehead atoms. The Balaban J connectivity index is 1.33. The minimum absolute atomic E-state index is 0.0772. The Morgan fingerprint density at radius 1 is 1.18 bits per heavy atom. The summed E-state index contributed by atoms with van der Waals surface area (Å²) in [5.74, 6) is 1.07. The lowest BCUT2D eigenvalue weighted by atomic mass is 10.1. The molecule has 3 aromatic heterocycles. The zero-order valence-electron chi connectivity index (χ0n) is 16.0. The second-order valence-corrected chi connectivity index (χ2v) is 7.50. The summed E-state index contributed by atoms with van der Waals surface area (Å²) in [6.07, 6.45) is 4.83. The molecule has 0 radical (unpaired) electrons. The molecule has 1 atom stereocenters. The highest BCUT2D eigenvalue weighted by molar-refractivity contribution is 5.93. The van der Waals surface area contributed by atoms with Gasteiger partial charge in [0.1, 0.15) is 5.69 Å². The van der Waals surface area contributed by atoms with Crippen molar-refractivity contribution in [2.75, 3.05) is 44.3 Å². The number of morpholine rings is 1. The molecule has 2 fully saturated rings. The van der Waals surface area contributed by atoms with Crippen molar-refractivity contribution >= 4 is 17.2 Å². The summed E-state index contributed by atoms with van der Waals surface area (Å²) >= 11 is 0. The van der Waals surface area contributed by atoms with Gasteiger partial charge in [-0.15, -0.1) is 0 Å². The van der Waals surface area contributed by atoms with Crippen molar-refractivity contribution in [2.24, 2.45) is 7.05 Å². The van der Waals surface area contributed by atoms with E-state index in [4.69, 9.17) is 14.8 Å². The van der Waals surface area contributed by atoms with Gasteiger partial charge in [-0.1, -0.05) is 0 Å². The number of pyridine rings is 1. The van der Waals surface area contributed by atoms with E-state index in [2.05, 4.69) is 11.0 Å². The minimum Gasteiger partial charge on any atom is -0.378 e. The molecule has 1 unspecified atom stereocenters. The van der Waals surface area contributed by atoms with Crippen molar-refractivity contribution in [3.63, 3.8) is 0 Å². The van der Waals surface area contributed by atoms with Crippen LogP contribution in [-0.4, -0.2) is 69.4 Å². The first-order valence-corrected chi connectivity index (χ1v) is 9.79. The fraction of sp³-hybridized carbons (Fsp3) is 0.450. The SMILES string of the molecule is Cn1cccc1C(=O)N1CCC(c2nc3ccc(N4CCOCC4)cn3n2)C1. The van der Waals surface area contributed by atoms with Crippen LogP contribution in [-0.2, 0) is 11.8 Å². The molecular formula is C20H24N6O2. The number of anilines is 1. The Bertz CT molecular complexity index is 1000. The zero-order valence-corrected chi connectivity index (χ0v) is 16.0. The summed E-state index contributed by atoms with van der Waals surface area (Å²) in [6, 6.07) is 7.88. The van der Waals surface area contributed by atoms with E-state index < -0.39 is 0 Å². The molecule has 0 N–H and O–H groups in total. The lowest BCUT2D eigenvalue weighted by Crippen LogP contribution is -2.36. The number of hydrogen-bond acceptors (Lipinski definition) is 5. The average Bonchev–Trinajstić information content (AvgIpc) is 3.46. The van der Waals surface area contributed by atoms with E-state index in [-0.39, 0.29) is 11.8 Å². The van der Waals surface area contributed by atoms with Crippen molar-refractivity contribution in [3.05, 3.63) is 48.2 Å². The van der Waals surface area contributed by atoms with Crippen LogP contribution in [0.1, 0.15) is 28.7 Å². The first kappa shape index (κ1) is 17.2. The number of amides is 1. The average molecular weight is 380 g/mol. The molecule has 0 aromatic carbocycles. The summed E-state index contributed by atoms with van der Waals surface area (Å²) in [5, 5.41) is 4.73. The van der Waals surface area contributed by atoms with Crippen LogP contribution in [0.5, 0.6) is 0 Å². The van der Waals surface area contributed by atoms with Crippen molar-refractivity contribution in [1.29, 1.82) is 0 Å². The van der Waals surface area contributed by atoms with Crippen LogP contribution in [0.25, 0.3) is 5.65 Å². The van der Waals surface area contributed by atoms with Crippen molar-refractivity contribution in [3.8, 4) is 0 Å². The smallest absolute Gasteiger partial charge is 0.270 e. The molecule has 8 nitrogen and oxygen atoms in total. The molecule has 0 aliphatic carbocycles. The molecule has 5 heterocycles. The zero-order chi connectivity index (χ0) is 19.1. The van der Waals surface area contributed by atoms with Crippen LogP contribution in [0.4, 0.5) is 5.69 Å². The predicted molar refractivity (Wildman–Crippen MR) is 105 cm³/mol. The third-order valence-electron chi connectivity index (χ3n) is 5.71. The number of likely N-dealkylation sites (tertiary alicyclic amines) is 1. The Kier molecular flexibility index (Phi) is 4.27. The molecule has 2 aliphatic heterocycles. The predicted octanol–water partition coefficient (Wildman–Crippen LogP) is 1.53. The maximum absolute atomic E-state index is 12.7. The normalized spacial score (nSPS) is 20.2. The number of fused-ring (bicyclic) bond motifs is 1. The largest absolute Gasteiger partial charge is 0.378 e. The van der Waals surface area contributed by atoms with E-state index in [1.165, 1.54) is 0 Å². The van der Waals surface area contributed by atoms with Crippen LogP contribution in [0.3, 0.4) is 0 Å². The van der Waals surface area contributed by atoms with Gasteiger partial charge in [-0.3, -0.25) is 4.79 Å². The van der Waals surface area contributed by atoms with E-state index in [0.29, 0.717) is 6.54 Å². The number of hydrogen-bond donors (Lipinski definition) is 0. The van der Waals surface area contributed by atoms with Crippen molar-refractivity contribution < 1.29 is 9.53 Å². The molecule has 5 rings (SSSR count). The third-order valence-corrected chi connectivity index (χ3v) is 5.71. The number of nitrogens with zero attached hydrogens (tertiary/aromatic N) is 6. The maximum atomic E-state index is 12.7. The topological polar surface area (TPSA) is 67.9 Å². The van der Waals surface area contributed by atoms with E-state index in [1.54, 1.807) is 0 Å². The molecular weight excluding hydrogens is 356 g/mol. The highest BCUT2D eigenvalue weighted by Gasteiger charge is 2.31. The van der Waals surface area contributed by atoms with Crippen LogP contribution >= 0.6 is 0 Å². The molecule has 146 valence electrons. The fourth-order valence-corrected chi connectivity index (χ4v) is 4.07. The highest BCUT2D eigenvalue weighted by Crippen LogP contribution is 2.27. The van der Waals surface area contributed by atoms with Gasteiger partial charge in [-0.25, -0.2) is 9.50 Å². The second kappa shape index (κ2) is 6.94. The van der Waals surface area contributed by atoms with Gasteiger partial charge in [0.2, 0.25) is 0 Å². The lowest BCUT2D eigenvalue weighted by molar-refractivity contribution is 0.0781. The Morgan fingerprint density at radius 3 is 2.82 bits per heavy atom. The quantitative estimate of drug-likeness (QED) is 0.689. The van der Waals surface area contributed by atoms with Gasteiger partial charge in [0.05, 0.1) is 25.1 Å². The molecule has 2 saturated heterocycles. The summed E-state index contributed by atoms with van der Waals surface area (Å²) in [4.78, 5) is 21.7. The van der Waals surface area contributed by atoms with Crippen LogP contribution in [0.15, 0.2) is 36.7 Å². The van der Waals surface area contributed by atoms with E-state index >= 15 is 0 Å². The molecule has 8 heteroatoms.